The van der Waals surface area contributed by atoms with Gasteiger partial charge in [0.15, 0.2) is 11.4 Å². The lowest BCUT2D eigenvalue weighted by molar-refractivity contribution is -0.788. The molecule has 0 amide bonds. The summed E-state index contributed by atoms with van der Waals surface area (Å²) in [5.74, 6) is 2.82. The first kappa shape index (κ1) is 26.6. The monoisotopic (exact) mass is 674 g/mol. The van der Waals surface area contributed by atoms with Gasteiger partial charge in [-0.25, -0.2) is 4.57 Å². The summed E-state index contributed by atoms with van der Waals surface area (Å²) >= 11 is 0. The maximum absolute atomic E-state index is 5.69. The van der Waals surface area contributed by atoms with E-state index in [1.165, 1.54) is 66.3 Å². The molecule has 6 aliphatic heterocycles. The van der Waals surface area contributed by atoms with Crippen molar-refractivity contribution in [1.82, 2.24) is 9.13 Å². The van der Waals surface area contributed by atoms with Gasteiger partial charge in [-0.15, -0.1) is 9.15 Å². The number of aliphatic imine (C=N–C) groups is 2. The molecule has 0 fully saturated rings. The van der Waals surface area contributed by atoms with E-state index in [1.807, 2.05) is 0 Å². The summed E-state index contributed by atoms with van der Waals surface area (Å²) in [5.41, 5.74) is 11.7. The van der Waals surface area contributed by atoms with Crippen molar-refractivity contribution in [2.75, 3.05) is 0 Å². The molecule has 6 aromatic carbocycles. The molecule has 8 heterocycles. The molecular formula is C47H26N6+2. The molecule has 0 N–H and O–H groups in total. The van der Waals surface area contributed by atoms with Crippen LogP contribution in [0.25, 0.3) is 32.7 Å². The third-order valence-corrected chi connectivity index (χ3v) is 12.1. The smallest absolute Gasteiger partial charge is 0.240 e. The Labute approximate surface area is 302 Å². The van der Waals surface area contributed by atoms with Crippen LogP contribution in [0.5, 0.6) is 0 Å². The number of hydrogen-bond donors (Lipinski definition) is 0. The predicted molar refractivity (Wildman–Crippen MR) is 208 cm³/mol. The second-order valence-electron chi connectivity index (χ2n) is 14.5. The number of nitrogens with zero attached hydrogens (tertiary/aromatic N) is 6. The molecule has 0 bridgehead atoms. The minimum absolute atomic E-state index is 0.928. The molecule has 2 aromatic heterocycles. The molecular weight excluding hydrogens is 649 g/mol. The van der Waals surface area contributed by atoms with E-state index in [9.17, 15) is 0 Å². The van der Waals surface area contributed by atoms with Crippen molar-refractivity contribution in [2.45, 2.75) is 5.91 Å². The van der Waals surface area contributed by atoms with Crippen molar-refractivity contribution in [2.24, 2.45) is 9.98 Å². The summed E-state index contributed by atoms with van der Waals surface area (Å²) in [6.45, 7) is 0. The predicted octanol–water partition coefficient (Wildman–Crippen LogP) is 6.95. The van der Waals surface area contributed by atoms with E-state index < -0.39 is 5.91 Å². The summed E-state index contributed by atoms with van der Waals surface area (Å²) in [6, 6.07) is 57.3. The first-order chi connectivity index (χ1) is 26.4. The first-order valence-electron chi connectivity index (χ1n) is 18.2. The van der Waals surface area contributed by atoms with Gasteiger partial charge in [0.25, 0.3) is 11.6 Å². The van der Waals surface area contributed by atoms with E-state index in [-0.39, 0.29) is 0 Å². The van der Waals surface area contributed by atoms with Gasteiger partial charge in [0.2, 0.25) is 0 Å². The fourth-order valence-electron chi connectivity index (χ4n) is 10.3. The molecule has 0 atom stereocenters. The van der Waals surface area contributed by atoms with E-state index >= 15 is 0 Å². The molecule has 1 spiro atoms. The second kappa shape index (κ2) is 8.81. The Morgan fingerprint density at radius 1 is 0.377 bits per heavy atom. The molecule has 6 aliphatic rings. The highest BCUT2D eigenvalue weighted by Crippen LogP contribution is 2.54. The van der Waals surface area contributed by atoms with Gasteiger partial charge in [0, 0.05) is 21.9 Å². The molecule has 0 saturated heterocycles. The number of aromatic nitrogens is 2. The van der Waals surface area contributed by atoms with E-state index in [0.717, 1.165) is 45.2 Å². The number of hydrogen-bond acceptors (Lipinski definition) is 2. The number of rotatable bonds is 2. The lowest BCUT2D eigenvalue weighted by Gasteiger charge is -2.41. The van der Waals surface area contributed by atoms with E-state index in [1.54, 1.807) is 0 Å². The lowest BCUT2D eigenvalue weighted by atomic mass is 9.92. The van der Waals surface area contributed by atoms with Crippen LogP contribution in [0.15, 0.2) is 168 Å². The number of benzene rings is 6. The van der Waals surface area contributed by atoms with Gasteiger partial charge in [-0.3, -0.25) is 0 Å². The van der Waals surface area contributed by atoms with Crippen LogP contribution < -0.4 is 10.7 Å². The summed E-state index contributed by atoms with van der Waals surface area (Å²) in [5, 5.41) is 7.06. The van der Waals surface area contributed by atoms with Crippen LogP contribution in [0.1, 0.15) is 33.4 Å². The molecule has 0 unspecified atom stereocenters. The van der Waals surface area contributed by atoms with Crippen LogP contribution in [-0.2, 0) is 5.91 Å². The van der Waals surface area contributed by atoms with Crippen molar-refractivity contribution in [3.05, 3.63) is 202 Å². The van der Waals surface area contributed by atoms with Crippen LogP contribution in [-0.4, -0.2) is 41.4 Å². The average molecular weight is 675 g/mol. The SMILES string of the molecule is c1ccc(C2=c3c4ccccc4c4n3C35n6c(c7ccccc7c6N=C6c7ccccc7C(=[N+]63)C=4c3ccccc3)N=C3c4ccccc4C2=[N+]35)cc1. The van der Waals surface area contributed by atoms with Crippen molar-refractivity contribution < 1.29 is 9.15 Å². The third-order valence-electron chi connectivity index (χ3n) is 12.1. The Kier molecular flexibility index (Phi) is 4.42. The molecule has 0 aliphatic carbocycles. The standard InChI is InChI=1S/C47H26N6/c1-3-15-27(16-4-1)37-39-29-19-7-8-20-30(29)40-38(28-17-5-2-6-18-28)42-32-22-10-12-24-34(32)44-49-46-36-26-14-13-25-35(36)45-48-43-33-23-11-9-21-31(33)41(37)51(43)47(50(39)40,52(42)44)53(45)46/h1-26H/q+2. The average Bonchev–Trinajstić information content (AvgIpc) is 3.95. The van der Waals surface area contributed by atoms with Gasteiger partial charge in [-0.05, 0) is 57.5 Å². The summed E-state index contributed by atoms with van der Waals surface area (Å²) in [7, 11) is 0. The second-order valence-corrected chi connectivity index (χ2v) is 14.5. The summed E-state index contributed by atoms with van der Waals surface area (Å²) < 4.78 is 10.3. The molecule has 242 valence electrons. The van der Waals surface area contributed by atoms with Gasteiger partial charge in [0.05, 0.1) is 43.7 Å². The molecule has 0 radical (unpaired) electrons. The third kappa shape index (κ3) is 2.75. The molecule has 0 saturated carbocycles. The molecule has 6 heteroatoms. The molecule has 8 aromatic rings. The zero-order valence-electron chi connectivity index (χ0n) is 28.2. The highest BCUT2D eigenvalue weighted by atomic mass is 15.7. The largest absolute Gasteiger partial charge is 0.441 e. The van der Waals surface area contributed by atoms with Crippen LogP contribution >= 0.6 is 0 Å². The summed E-state index contributed by atoms with van der Waals surface area (Å²) in [4.78, 5) is 11.4. The van der Waals surface area contributed by atoms with Crippen molar-refractivity contribution >= 4 is 67.4 Å². The normalized spacial score (nSPS) is 17.2. The van der Waals surface area contributed by atoms with Gasteiger partial charge in [-0.2, -0.15) is 4.57 Å². The van der Waals surface area contributed by atoms with Gasteiger partial charge < -0.3 is 0 Å². The Hall–Kier alpha value is -7.18. The quantitative estimate of drug-likeness (QED) is 0.178. The Morgan fingerprint density at radius 3 is 1.21 bits per heavy atom. The molecule has 14 rings (SSSR count). The van der Waals surface area contributed by atoms with E-state index in [0.29, 0.717) is 0 Å². The maximum atomic E-state index is 5.69. The topological polar surface area (TPSA) is 40.6 Å². The lowest BCUT2D eigenvalue weighted by Crippen LogP contribution is -2.72. The van der Waals surface area contributed by atoms with E-state index in [4.69, 9.17) is 9.98 Å². The fourth-order valence-corrected chi connectivity index (χ4v) is 10.3. The Morgan fingerprint density at radius 2 is 0.755 bits per heavy atom. The highest BCUT2D eigenvalue weighted by Gasteiger charge is 2.71. The van der Waals surface area contributed by atoms with Crippen LogP contribution in [0.2, 0.25) is 0 Å². The Balaban J connectivity index is 1.37. The first-order valence-corrected chi connectivity index (χ1v) is 18.2. The minimum atomic E-state index is -0.958. The highest BCUT2D eigenvalue weighted by molar-refractivity contribution is 6.38. The van der Waals surface area contributed by atoms with Crippen LogP contribution in [0.4, 0.5) is 11.6 Å². The zero-order chi connectivity index (χ0) is 34.2. The number of fused-ring (bicyclic) bond motifs is 12. The van der Waals surface area contributed by atoms with E-state index in [2.05, 4.69) is 176 Å². The minimum Gasteiger partial charge on any atom is -0.240 e. The molecule has 6 nitrogen and oxygen atoms in total. The molecule has 53 heavy (non-hydrogen) atoms. The Bertz CT molecular complexity index is 3150. The fraction of sp³-hybridized carbons (Fsp3) is 0.0213. The maximum Gasteiger partial charge on any atom is 0.441 e. The van der Waals surface area contributed by atoms with Crippen LogP contribution in [0.3, 0.4) is 0 Å². The van der Waals surface area contributed by atoms with Crippen molar-refractivity contribution in [1.29, 1.82) is 0 Å². The van der Waals surface area contributed by atoms with Gasteiger partial charge in [0.1, 0.15) is 0 Å². The van der Waals surface area contributed by atoms with Crippen molar-refractivity contribution in [3.63, 3.8) is 0 Å². The zero-order valence-corrected chi connectivity index (χ0v) is 28.2. The van der Waals surface area contributed by atoms with Crippen LogP contribution in [0, 0.1) is 0 Å². The van der Waals surface area contributed by atoms with Gasteiger partial charge in [-0.1, -0.05) is 121 Å². The van der Waals surface area contributed by atoms with Crippen molar-refractivity contribution in [3.8, 4) is 0 Å². The number of amidine groups is 2. The van der Waals surface area contributed by atoms with Gasteiger partial charge >= 0.3 is 17.6 Å². The summed E-state index contributed by atoms with van der Waals surface area (Å²) in [6.07, 6.45) is 0.